The van der Waals surface area contributed by atoms with Gasteiger partial charge in [-0.15, -0.1) is 28.2 Å². The van der Waals surface area contributed by atoms with Gasteiger partial charge in [-0.25, -0.2) is 19.3 Å². The molecule has 2 amide bonds. The fourth-order valence-corrected chi connectivity index (χ4v) is 6.44. The second-order valence-corrected chi connectivity index (χ2v) is 10.5. The number of oxime groups is 2. The number of fused-ring (bicyclic) bond motifs is 1. The number of β-lactam (4-membered cyclic amide) rings is 1. The molecule has 1 saturated heterocycles. The summed E-state index contributed by atoms with van der Waals surface area (Å²) in [6, 6.07) is -1.02. The van der Waals surface area contributed by atoms with Crippen molar-refractivity contribution in [3.63, 3.8) is 0 Å². The fraction of sp³-hybridized carbons (Fsp3) is 0.333. The molecule has 4 heterocycles. The van der Waals surface area contributed by atoms with Gasteiger partial charge in [-0.3, -0.25) is 14.5 Å². The third-order valence-electron chi connectivity index (χ3n) is 5.24. The first-order valence-corrected chi connectivity index (χ1v) is 13.4. The highest BCUT2D eigenvalue weighted by molar-refractivity contribution is 8.01. The lowest BCUT2D eigenvalue weighted by Gasteiger charge is -2.49. The topological polar surface area (TPSA) is 261 Å². The summed E-state index contributed by atoms with van der Waals surface area (Å²) in [6.45, 7) is -0.434. The number of rotatable bonds is 11. The van der Waals surface area contributed by atoms with Crippen LogP contribution in [0.1, 0.15) is 5.69 Å². The molecule has 0 aliphatic carbocycles. The summed E-state index contributed by atoms with van der Waals surface area (Å²) < 4.78 is 1.07. The largest absolute Gasteiger partial charge is 0.477 e. The monoisotopic (exact) mass is 598 g/mol. The maximum atomic E-state index is 13.0. The Hall–Kier alpha value is -4.24. The van der Waals surface area contributed by atoms with E-state index in [9.17, 15) is 24.3 Å². The van der Waals surface area contributed by atoms with E-state index in [1.807, 2.05) is 0 Å². The van der Waals surface area contributed by atoms with Crippen LogP contribution in [0.2, 0.25) is 0 Å². The molecule has 0 saturated carbocycles. The molecular weight excluding hydrogens is 580 g/mol. The fourth-order valence-electron chi connectivity index (χ4n) is 3.53. The van der Waals surface area contributed by atoms with E-state index in [4.69, 9.17) is 20.9 Å². The predicted molar refractivity (Wildman–Crippen MR) is 135 cm³/mol. The van der Waals surface area contributed by atoms with Crippen molar-refractivity contribution in [3.8, 4) is 0 Å². The SMILES string of the molecule is CO/N=C(/C(=O)NC1C(=O)N2C(C(=O)O)=C(CSc3nnnn3C/C(=N/O)C(=O)O)CSC12)c1csc(N)n1. The minimum atomic E-state index is -1.47. The van der Waals surface area contributed by atoms with Crippen LogP contribution < -0.4 is 11.1 Å². The number of anilines is 1. The third-order valence-corrected chi connectivity index (χ3v) is 8.30. The number of aromatic nitrogens is 5. The number of carbonyl (C=O) groups is 4. The van der Waals surface area contributed by atoms with Gasteiger partial charge in [-0.1, -0.05) is 22.1 Å². The number of thiazole rings is 1. The zero-order chi connectivity index (χ0) is 28.3. The van der Waals surface area contributed by atoms with Crippen molar-refractivity contribution in [1.82, 2.24) is 35.4 Å². The molecule has 6 N–H and O–H groups in total. The van der Waals surface area contributed by atoms with E-state index in [1.54, 1.807) is 0 Å². The number of carbonyl (C=O) groups excluding carboxylic acids is 2. The smallest absolute Gasteiger partial charge is 0.355 e. The summed E-state index contributed by atoms with van der Waals surface area (Å²) in [5.74, 6) is -3.93. The van der Waals surface area contributed by atoms with E-state index in [2.05, 4.69) is 36.1 Å². The summed E-state index contributed by atoms with van der Waals surface area (Å²) in [5.41, 5.74) is 5.13. The Kier molecular flexibility index (Phi) is 8.30. The molecular formula is C18H18N10O8S3. The third kappa shape index (κ3) is 5.63. The molecule has 18 nitrogen and oxygen atoms in total. The minimum absolute atomic E-state index is 0.0527. The second kappa shape index (κ2) is 11.7. The molecule has 0 radical (unpaired) electrons. The number of tetrazole rings is 1. The van der Waals surface area contributed by atoms with Crippen LogP contribution in [0.3, 0.4) is 0 Å². The first kappa shape index (κ1) is 27.8. The number of aliphatic carboxylic acids is 2. The van der Waals surface area contributed by atoms with Gasteiger partial charge < -0.3 is 31.3 Å². The van der Waals surface area contributed by atoms with Gasteiger partial charge in [0.2, 0.25) is 5.16 Å². The van der Waals surface area contributed by atoms with E-state index in [-0.39, 0.29) is 38.9 Å². The molecule has 21 heteroatoms. The standard InChI is InChI=1S/C18H18N10O8S3/c1-36-24-9(8-5-38-17(19)20-8)12(29)21-10-13(30)28-11(16(33)34)6(3-37-14(10)28)4-39-18-22-25-26-27(18)2-7(23-35)15(31)32/h5,10,14,35H,2-4H2,1H3,(H2,19,20)(H,21,29)(H,31,32)(H,33,34)/b23-7-,24-9+. The Bertz CT molecular complexity index is 1420. The van der Waals surface area contributed by atoms with Crippen molar-refractivity contribution in [2.75, 3.05) is 24.3 Å². The Morgan fingerprint density at radius 1 is 1.36 bits per heavy atom. The van der Waals surface area contributed by atoms with Crippen LogP contribution in [0, 0.1) is 0 Å². The molecule has 0 aromatic carbocycles. The first-order chi connectivity index (χ1) is 18.7. The average molecular weight is 599 g/mol. The molecule has 39 heavy (non-hydrogen) atoms. The first-order valence-electron chi connectivity index (χ1n) is 10.5. The lowest BCUT2D eigenvalue weighted by molar-refractivity contribution is -0.150. The summed E-state index contributed by atoms with van der Waals surface area (Å²) in [4.78, 5) is 58.9. The van der Waals surface area contributed by atoms with Crippen LogP contribution in [0.15, 0.2) is 32.1 Å². The lowest BCUT2D eigenvalue weighted by atomic mass is 10.0. The number of hydrogen-bond acceptors (Lipinski definition) is 16. The van der Waals surface area contributed by atoms with Gasteiger partial charge in [-0.05, 0) is 16.0 Å². The lowest BCUT2D eigenvalue weighted by Crippen LogP contribution is -2.71. The van der Waals surface area contributed by atoms with Gasteiger partial charge >= 0.3 is 11.9 Å². The minimum Gasteiger partial charge on any atom is -0.477 e. The molecule has 206 valence electrons. The highest BCUT2D eigenvalue weighted by Crippen LogP contribution is 2.41. The molecule has 1 fully saturated rings. The van der Waals surface area contributed by atoms with Crippen molar-refractivity contribution < 1.29 is 39.4 Å². The zero-order valence-electron chi connectivity index (χ0n) is 19.6. The van der Waals surface area contributed by atoms with Crippen LogP contribution in [0.4, 0.5) is 5.13 Å². The van der Waals surface area contributed by atoms with Crippen LogP contribution >= 0.6 is 34.9 Å². The summed E-state index contributed by atoms with van der Waals surface area (Å²) in [7, 11) is 1.24. The number of carboxylic acids is 2. The van der Waals surface area contributed by atoms with Crippen molar-refractivity contribution in [2.45, 2.75) is 23.1 Å². The average Bonchev–Trinajstić information content (AvgIpc) is 3.54. The van der Waals surface area contributed by atoms with E-state index < -0.39 is 47.4 Å². The van der Waals surface area contributed by atoms with Crippen LogP contribution in [-0.4, -0.2) is 111 Å². The van der Waals surface area contributed by atoms with Crippen molar-refractivity contribution in [3.05, 3.63) is 22.3 Å². The van der Waals surface area contributed by atoms with Gasteiger partial charge in [0, 0.05) is 16.9 Å². The maximum Gasteiger partial charge on any atom is 0.355 e. The normalized spacial score (nSPS) is 19.4. The van der Waals surface area contributed by atoms with Crippen LogP contribution in [0.5, 0.6) is 0 Å². The number of carboxylic acid groups (broad SMARTS) is 2. The highest BCUT2D eigenvalue weighted by atomic mass is 32.2. The molecule has 2 unspecified atom stereocenters. The molecule has 2 aliphatic heterocycles. The van der Waals surface area contributed by atoms with Crippen LogP contribution in [-0.2, 0) is 30.6 Å². The number of nitrogens with zero attached hydrogens (tertiary/aromatic N) is 8. The predicted octanol–water partition coefficient (Wildman–Crippen LogP) is -1.49. The molecule has 2 aromatic heterocycles. The number of nitrogens with one attached hydrogen (secondary N) is 1. The second-order valence-electron chi connectivity index (χ2n) is 7.57. The Morgan fingerprint density at radius 2 is 2.13 bits per heavy atom. The highest BCUT2D eigenvalue weighted by Gasteiger charge is 2.54. The van der Waals surface area contributed by atoms with E-state index >= 15 is 0 Å². The number of thioether (sulfide) groups is 2. The molecule has 2 aliphatic rings. The number of amides is 2. The van der Waals surface area contributed by atoms with Gasteiger partial charge in [0.05, 0.1) is 6.54 Å². The molecule has 0 bridgehead atoms. The van der Waals surface area contributed by atoms with E-state index in [1.165, 1.54) is 24.3 Å². The quantitative estimate of drug-likeness (QED) is 0.0648. The number of hydrogen-bond donors (Lipinski definition) is 5. The van der Waals surface area contributed by atoms with Crippen molar-refractivity contribution in [1.29, 1.82) is 0 Å². The summed E-state index contributed by atoms with van der Waals surface area (Å²) in [5, 5.41) is 48.7. The van der Waals surface area contributed by atoms with Crippen molar-refractivity contribution >= 4 is 75.2 Å². The maximum absolute atomic E-state index is 13.0. The van der Waals surface area contributed by atoms with Gasteiger partial charge in [-0.2, -0.15) is 0 Å². The zero-order valence-corrected chi connectivity index (χ0v) is 22.1. The summed E-state index contributed by atoms with van der Waals surface area (Å²) >= 11 is 3.33. The summed E-state index contributed by atoms with van der Waals surface area (Å²) in [6.07, 6.45) is 0. The number of nitrogen functional groups attached to an aromatic ring is 1. The molecule has 4 rings (SSSR count). The van der Waals surface area contributed by atoms with Crippen molar-refractivity contribution in [2.24, 2.45) is 10.3 Å². The van der Waals surface area contributed by atoms with Gasteiger partial charge in [0.1, 0.15) is 29.9 Å². The van der Waals surface area contributed by atoms with E-state index in [0.717, 1.165) is 32.7 Å². The van der Waals surface area contributed by atoms with Gasteiger partial charge in [0.25, 0.3) is 11.8 Å². The van der Waals surface area contributed by atoms with Crippen LogP contribution in [0.25, 0.3) is 0 Å². The number of nitrogens with two attached hydrogens (primary N) is 1. The molecule has 0 spiro atoms. The Labute approximate surface area is 229 Å². The Balaban J connectivity index is 1.47. The van der Waals surface area contributed by atoms with Gasteiger partial charge in [0.15, 0.2) is 16.6 Å². The molecule has 2 aromatic rings. The van der Waals surface area contributed by atoms with E-state index in [0.29, 0.717) is 5.57 Å². The molecule has 2 atom stereocenters. The Morgan fingerprint density at radius 3 is 2.74 bits per heavy atom.